The summed E-state index contributed by atoms with van der Waals surface area (Å²) in [6, 6.07) is 19.6. The van der Waals surface area contributed by atoms with Crippen LogP contribution in [0.4, 0.5) is 0 Å². The monoisotopic (exact) mass is 439 g/mol. The number of para-hydroxylation sites is 1. The van der Waals surface area contributed by atoms with Crippen LogP contribution in [0, 0.1) is 17.2 Å². The molecule has 0 saturated heterocycles. The predicted molar refractivity (Wildman–Crippen MR) is 127 cm³/mol. The van der Waals surface area contributed by atoms with Gasteiger partial charge in [0.15, 0.2) is 6.61 Å². The van der Waals surface area contributed by atoms with Crippen molar-refractivity contribution < 1.29 is 14.3 Å². The standard InChI is InChI=1S/C27H25N3O3/c1-18-14-20(16-19-8-3-2-4-9-19)26-22(15-18)25(21-10-5-6-11-23(21)30-26)27(32)33-17-24(31)29-13-7-12-28/h2-6,8-11,16,18H,7,13-15,17H2,1H3,(H,29,31)/b20-16-. The van der Waals surface area contributed by atoms with Crippen LogP contribution in [0.1, 0.15) is 46.9 Å². The Morgan fingerprint density at radius 2 is 1.91 bits per heavy atom. The highest BCUT2D eigenvalue weighted by Gasteiger charge is 2.29. The highest BCUT2D eigenvalue weighted by atomic mass is 16.5. The van der Waals surface area contributed by atoms with Crippen LogP contribution < -0.4 is 5.32 Å². The maximum absolute atomic E-state index is 13.2. The number of fused-ring (bicyclic) bond motifs is 2. The van der Waals surface area contributed by atoms with E-state index in [-0.39, 0.29) is 13.0 Å². The van der Waals surface area contributed by atoms with E-state index in [2.05, 4.69) is 18.3 Å². The molecular weight excluding hydrogens is 414 g/mol. The molecule has 33 heavy (non-hydrogen) atoms. The molecule has 0 spiro atoms. The predicted octanol–water partition coefficient (Wildman–Crippen LogP) is 4.54. The molecule has 0 aliphatic heterocycles. The van der Waals surface area contributed by atoms with Crippen LogP contribution in [0.2, 0.25) is 0 Å². The summed E-state index contributed by atoms with van der Waals surface area (Å²) in [4.78, 5) is 30.2. The van der Waals surface area contributed by atoms with Crippen molar-refractivity contribution in [2.75, 3.05) is 13.2 Å². The molecule has 0 saturated carbocycles. The summed E-state index contributed by atoms with van der Waals surface area (Å²) in [7, 11) is 0. The summed E-state index contributed by atoms with van der Waals surface area (Å²) in [5.74, 6) is -0.631. The summed E-state index contributed by atoms with van der Waals surface area (Å²) in [5.41, 5.74) is 5.05. The van der Waals surface area contributed by atoms with Crippen LogP contribution in [-0.4, -0.2) is 30.0 Å². The minimum absolute atomic E-state index is 0.205. The number of amides is 1. The summed E-state index contributed by atoms with van der Waals surface area (Å²) in [6.07, 6.45) is 3.91. The average molecular weight is 440 g/mol. The fourth-order valence-electron chi connectivity index (χ4n) is 4.23. The number of allylic oxidation sites excluding steroid dienone is 1. The van der Waals surface area contributed by atoms with Crippen molar-refractivity contribution in [2.24, 2.45) is 5.92 Å². The normalized spacial score (nSPS) is 16.1. The zero-order valence-corrected chi connectivity index (χ0v) is 18.5. The number of hydrogen-bond donors (Lipinski definition) is 1. The first-order valence-corrected chi connectivity index (χ1v) is 11.0. The zero-order valence-electron chi connectivity index (χ0n) is 18.5. The zero-order chi connectivity index (χ0) is 23.2. The topological polar surface area (TPSA) is 92.1 Å². The number of aromatic nitrogens is 1. The van der Waals surface area contributed by atoms with Crippen LogP contribution in [0.25, 0.3) is 22.6 Å². The number of carbonyl (C=O) groups excluding carboxylic acids is 2. The van der Waals surface area contributed by atoms with E-state index >= 15 is 0 Å². The second-order valence-electron chi connectivity index (χ2n) is 8.26. The van der Waals surface area contributed by atoms with E-state index in [0.29, 0.717) is 17.9 Å². The molecule has 1 amide bonds. The summed E-state index contributed by atoms with van der Waals surface area (Å²) >= 11 is 0. The maximum atomic E-state index is 13.2. The van der Waals surface area contributed by atoms with Gasteiger partial charge in [-0.15, -0.1) is 0 Å². The number of nitriles is 1. The van der Waals surface area contributed by atoms with E-state index in [1.807, 2.05) is 60.7 Å². The van der Waals surface area contributed by atoms with Crippen molar-refractivity contribution in [1.29, 1.82) is 5.26 Å². The number of rotatable bonds is 6. The third-order valence-electron chi connectivity index (χ3n) is 5.66. The van der Waals surface area contributed by atoms with Crippen molar-refractivity contribution in [3.8, 4) is 6.07 Å². The third-order valence-corrected chi connectivity index (χ3v) is 5.66. The van der Waals surface area contributed by atoms with Gasteiger partial charge in [0.1, 0.15) is 0 Å². The minimum atomic E-state index is -0.534. The van der Waals surface area contributed by atoms with E-state index in [1.165, 1.54) is 0 Å². The third kappa shape index (κ3) is 5.09. The highest BCUT2D eigenvalue weighted by Crippen LogP contribution is 2.38. The summed E-state index contributed by atoms with van der Waals surface area (Å²) < 4.78 is 5.40. The number of nitrogens with zero attached hydrogens (tertiary/aromatic N) is 2. The number of carbonyl (C=O) groups is 2. The molecule has 1 atom stereocenters. The summed E-state index contributed by atoms with van der Waals surface area (Å²) in [5, 5.41) is 11.9. The van der Waals surface area contributed by atoms with Gasteiger partial charge in [0.05, 0.1) is 29.3 Å². The average Bonchev–Trinajstić information content (AvgIpc) is 2.82. The van der Waals surface area contributed by atoms with Crippen molar-refractivity contribution in [3.63, 3.8) is 0 Å². The lowest BCUT2D eigenvalue weighted by Crippen LogP contribution is -2.30. The first-order chi connectivity index (χ1) is 16.1. The molecule has 1 heterocycles. The molecule has 1 unspecified atom stereocenters. The minimum Gasteiger partial charge on any atom is -0.452 e. The van der Waals surface area contributed by atoms with E-state index in [1.54, 1.807) is 0 Å². The Morgan fingerprint density at radius 1 is 1.15 bits per heavy atom. The van der Waals surface area contributed by atoms with E-state index in [4.69, 9.17) is 15.0 Å². The maximum Gasteiger partial charge on any atom is 0.339 e. The van der Waals surface area contributed by atoms with Crippen molar-refractivity contribution in [3.05, 3.63) is 77.0 Å². The smallest absolute Gasteiger partial charge is 0.339 e. The van der Waals surface area contributed by atoms with Gasteiger partial charge in [-0.05, 0) is 47.6 Å². The molecule has 1 N–H and O–H groups in total. The Hall–Kier alpha value is -3.98. The Kier molecular flexibility index (Phi) is 6.80. The molecule has 1 aliphatic carbocycles. The molecule has 166 valence electrons. The van der Waals surface area contributed by atoms with Crippen LogP contribution in [-0.2, 0) is 16.0 Å². The molecule has 0 fully saturated rings. The Morgan fingerprint density at radius 3 is 2.70 bits per heavy atom. The van der Waals surface area contributed by atoms with Crippen LogP contribution in [0.15, 0.2) is 54.6 Å². The number of esters is 1. The molecular formula is C27H25N3O3. The first kappa shape index (κ1) is 22.2. The van der Waals surface area contributed by atoms with Gasteiger partial charge >= 0.3 is 5.97 Å². The van der Waals surface area contributed by atoms with Crippen molar-refractivity contribution in [1.82, 2.24) is 10.3 Å². The second-order valence-corrected chi connectivity index (χ2v) is 8.26. The Labute approximate surface area is 192 Å². The van der Waals surface area contributed by atoms with Gasteiger partial charge in [0.25, 0.3) is 5.91 Å². The molecule has 6 nitrogen and oxygen atoms in total. The fourth-order valence-corrected chi connectivity index (χ4v) is 4.23. The van der Waals surface area contributed by atoms with Gasteiger partial charge in [-0.1, -0.05) is 55.5 Å². The lowest BCUT2D eigenvalue weighted by Gasteiger charge is -2.26. The molecule has 1 aliphatic rings. The van der Waals surface area contributed by atoms with Crippen molar-refractivity contribution in [2.45, 2.75) is 26.2 Å². The molecule has 6 heteroatoms. The molecule has 2 aromatic carbocycles. The fraction of sp³-hybridized carbons (Fsp3) is 0.259. The highest BCUT2D eigenvalue weighted by molar-refractivity contribution is 6.07. The lowest BCUT2D eigenvalue weighted by atomic mass is 9.80. The summed E-state index contributed by atoms with van der Waals surface area (Å²) in [6.45, 7) is 2.00. The van der Waals surface area contributed by atoms with E-state index in [9.17, 15) is 9.59 Å². The SMILES string of the molecule is CC1C/C(=C/c2ccccc2)c2nc3ccccc3c(C(=O)OCC(=O)NCCC#N)c2C1. The first-order valence-electron chi connectivity index (χ1n) is 11.0. The Bertz CT molecular complexity index is 1260. The molecule has 0 radical (unpaired) electrons. The van der Waals surface area contributed by atoms with Gasteiger partial charge in [0, 0.05) is 11.9 Å². The van der Waals surface area contributed by atoms with Crippen LogP contribution >= 0.6 is 0 Å². The van der Waals surface area contributed by atoms with Crippen LogP contribution in [0.5, 0.6) is 0 Å². The quantitative estimate of drug-likeness (QED) is 0.450. The second kappa shape index (κ2) is 10.1. The van der Waals surface area contributed by atoms with E-state index in [0.717, 1.165) is 39.7 Å². The van der Waals surface area contributed by atoms with Gasteiger partial charge in [-0.2, -0.15) is 5.26 Å². The number of benzene rings is 2. The number of pyridine rings is 1. The molecule has 1 aromatic heterocycles. The van der Waals surface area contributed by atoms with Crippen molar-refractivity contribution >= 4 is 34.4 Å². The van der Waals surface area contributed by atoms with Gasteiger partial charge in [0.2, 0.25) is 0 Å². The van der Waals surface area contributed by atoms with Crippen LogP contribution in [0.3, 0.4) is 0 Å². The largest absolute Gasteiger partial charge is 0.452 e. The molecule has 3 aromatic rings. The number of hydrogen-bond acceptors (Lipinski definition) is 5. The van der Waals surface area contributed by atoms with Gasteiger partial charge in [-0.25, -0.2) is 9.78 Å². The number of ether oxygens (including phenoxy) is 1. The van der Waals surface area contributed by atoms with Gasteiger partial charge < -0.3 is 10.1 Å². The molecule has 4 rings (SSSR count). The number of nitrogens with one attached hydrogen (secondary N) is 1. The van der Waals surface area contributed by atoms with E-state index < -0.39 is 18.5 Å². The lowest BCUT2D eigenvalue weighted by molar-refractivity contribution is -0.124. The molecule has 0 bridgehead atoms. The van der Waals surface area contributed by atoms with Gasteiger partial charge in [-0.3, -0.25) is 4.79 Å². The Balaban J connectivity index is 1.73.